The summed E-state index contributed by atoms with van der Waals surface area (Å²) in [5.74, 6) is -0.394. The Morgan fingerprint density at radius 1 is 1.35 bits per heavy atom. The third kappa shape index (κ3) is 2.17. The number of rotatable bonds is 4. The molecule has 2 heterocycles. The third-order valence-electron chi connectivity index (χ3n) is 2.00. The highest BCUT2D eigenvalue weighted by atomic mass is 16.5. The zero-order valence-electron chi connectivity index (χ0n) is 9.56. The van der Waals surface area contributed by atoms with Crippen molar-refractivity contribution < 1.29 is 14.3 Å². The monoisotopic (exact) mass is 236 g/mol. The number of H-pyrrole nitrogens is 1. The molecular formula is C10H12N4O3. The highest BCUT2D eigenvalue weighted by molar-refractivity contribution is 5.91. The van der Waals surface area contributed by atoms with Crippen molar-refractivity contribution in [3.63, 3.8) is 0 Å². The Morgan fingerprint density at radius 3 is 2.88 bits per heavy atom. The van der Waals surface area contributed by atoms with Gasteiger partial charge in [0, 0.05) is 0 Å². The average molecular weight is 236 g/mol. The maximum Gasteiger partial charge on any atom is 0.362 e. The minimum Gasteiger partial charge on any atom is -0.476 e. The number of carbonyl (C=O) groups is 1. The predicted octanol–water partition coefficient (Wildman–Crippen LogP) is 0.928. The molecule has 0 aromatic carbocycles. The van der Waals surface area contributed by atoms with Crippen molar-refractivity contribution in [3.8, 4) is 5.88 Å². The number of nitrogens with one attached hydrogen (secondary N) is 1. The van der Waals surface area contributed by atoms with E-state index in [9.17, 15) is 4.79 Å². The molecule has 2 rings (SSSR count). The van der Waals surface area contributed by atoms with Crippen molar-refractivity contribution in [2.24, 2.45) is 0 Å². The normalized spacial score (nSPS) is 10.5. The van der Waals surface area contributed by atoms with E-state index in [0.29, 0.717) is 17.8 Å². The van der Waals surface area contributed by atoms with Crippen LogP contribution in [0.3, 0.4) is 0 Å². The molecular weight excluding hydrogens is 224 g/mol. The molecule has 0 radical (unpaired) electrons. The van der Waals surface area contributed by atoms with Crippen molar-refractivity contribution >= 4 is 17.1 Å². The Bertz CT molecular complexity index is 537. The molecule has 0 unspecified atom stereocenters. The van der Waals surface area contributed by atoms with Crippen LogP contribution in [-0.4, -0.2) is 39.3 Å². The summed E-state index contributed by atoms with van der Waals surface area (Å²) in [6, 6.07) is 0. The van der Waals surface area contributed by atoms with Crippen LogP contribution in [0.4, 0.5) is 0 Å². The standard InChI is InChI=1S/C10H12N4O3/c1-3-16-9-7(10(15)17-4-2)12-6-5-11-14-8(6)13-9/h5H,3-4H2,1-2H3,(H,11,13,14). The fraction of sp³-hybridized carbons (Fsp3) is 0.400. The summed E-state index contributed by atoms with van der Waals surface area (Å²) < 4.78 is 10.1. The van der Waals surface area contributed by atoms with Gasteiger partial charge in [-0.3, -0.25) is 5.10 Å². The zero-order valence-corrected chi connectivity index (χ0v) is 9.56. The molecule has 7 nitrogen and oxygen atoms in total. The molecule has 0 saturated carbocycles. The van der Waals surface area contributed by atoms with E-state index in [1.54, 1.807) is 13.8 Å². The number of nitrogens with zero attached hydrogens (tertiary/aromatic N) is 3. The predicted molar refractivity (Wildman–Crippen MR) is 58.8 cm³/mol. The Labute approximate surface area is 97.2 Å². The molecule has 0 aliphatic heterocycles. The van der Waals surface area contributed by atoms with Crippen LogP contribution in [0.5, 0.6) is 5.88 Å². The average Bonchev–Trinajstić information content (AvgIpc) is 2.75. The first-order valence-electron chi connectivity index (χ1n) is 5.27. The summed E-state index contributed by atoms with van der Waals surface area (Å²) in [6.07, 6.45) is 1.49. The summed E-state index contributed by atoms with van der Waals surface area (Å²) in [5, 5.41) is 6.45. The second kappa shape index (κ2) is 4.77. The fourth-order valence-electron chi connectivity index (χ4n) is 1.33. The van der Waals surface area contributed by atoms with Crippen LogP contribution < -0.4 is 4.74 Å². The zero-order chi connectivity index (χ0) is 12.3. The van der Waals surface area contributed by atoms with Crippen LogP contribution >= 0.6 is 0 Å². The summed E-state index contributed by atoms with van der Waals surface area (Å²) in [4.78, 5) is 19.9. The summed E-state index contributed by atoms with van der Waals surface area (Å²) >= 11 is 0. The number of ether oxygens (including phenoxy) is 2. The van der Waals surface area contributed by atoms with Crippen molar-refractivity contribution in [2.75, 3.05) is 13.2 Å². The van der Waals surface area contributed by atoms with Gasteiger partial charge in [-0.15, -0.1) is 0 Å². The molecule has 0 atom stereocenters. The van der Waals surface area contributed by atoms with E-state index in [1.165, 1.54) is 6.20 Å². The highest BCUT2D eigenvalue weighted by Gasteiger charge is 2.19. The number of carbonyl (C=O) groups excluding carboxylic acids is 1. The van der Waals surface area contributed by atoms with Crippen LogP contribution in [0.2, 0.25) is 0 Å². The molecule has 0 spiro atoms. The van der Waals surface area contributed by atoms with Crippen LogP contribution in [0, 0.1) is 0 Å². The largest absolute Gasteiger partial charge is 0.476 e. The van der Waals surface area contributed by atoms with E-state index in [4.69, 9.17) is 9.47 Å². The number of hydrogen-bond acceptors (Lipinski definition) is 6. The van der Waals surface area contributed by atoms with Crippen LogP contribution in [0.25, 0.3) is 11.2 Å². The first-order valence-corrected chi connectivity index (χ1v) is 5.27. The van der Waals surface area contributed by atoms with Crippen molar-refractivity contribution in [1.29, 1.82) is 0 Å². The number of aromatic nitrogens is 4. The van der Waals surface area contributed by atoms with Gasteiger partial charge in [0.2, 0.25) is 11.6 Å². The molecule has 0 fully saturated rings. The van der Waals surface area contributed by atoms with Gasteiger partial charge >= 0.3 is 5.97 Å². The van der Waals surface area contributed by atoms with E-state index in [0.717, 1.165) is 0 Å². The molecule has 2 aromatic heterocycles. The van der Waals surface area contributed by atoms with Crippen molar-refractivity contribution in [2.45, 2.75) is 13.8 Å². The second-order valence-electron chi connectivity index (χ2n) is 3.13. The Kier molecular flexibility index (Phi) is 3.17. The maximum atomic E-state index is 11.7. The molecule has 0 aliphatic rings. The smallest absolute Gasteiger partial charge is 0.362 e. The quantitative estimate of drug-likeness (QED) is 0.794. The van der Waals surface area contributed by atoms with Crippen molar-refractivity contribution in [1.82, 2.24) is 20.2 Å². The van der Waals surface area contributed by atoms with Gasteiger partial charge in [0.1, 0.15) is 5.52 Å². The van der Waals surface area contributed by atoms with E-state index < -0.39 is 5.97 Å². The van der Waals surface area contributed by atoms with Gasteiger partial charge in [-0.25, -0.2) is 9.78 Å². The minimum absolute atomic E-state index is 0.0719. The van der Waals surface area contributed by atoms with Gasteiger partial charge < -0.3 is 9.47 Å². The Balaban J connectivity index is 2.48. The fourth-order valence-corrected chi connectivity index (χ4v) is 1.33. The second-order valence-corrected chi connectivity index (χ2v) is 3.13. The van der Waals surface area contributed by atoms with E-state index in [1.807, 2.05) is 0 Å². The summed E-state index contributed by atoms with van der Waals surface area (Å²) in [7, 11) is 0. The first-order chi connectivity index (χ1) is 8.26. The topological polar surface area (TPSA) is 90.0 Å². The minimum atomic E-state index is -0.549. The third-order valence-corrected chi connectivity index (χ3v) is 2.00. The van der Waals surface area contributed by atoms with Gasteiger partial charge in [-0.2, -0.15) is 10.1 Å². The molecule has 1 N–H and O–H groups in total. The van der Waals surface area contributed by atoms with Crippen LogP contribution in [0.15, 0.2) is 6.20 Å². The van der Waals surface area contributed by atoms with Gasteiger partial charge in [-0.1, -0.05) is 0 Å². The lowest BCUT2D eigenvalue weighted by Gasteiger charge is -2.07. The van der Waals surface area contributed by atoms with E-state index in [-0.39, 0.29) is 18.2 Å². The molecule has 17 heavy (non-hydrogen) atoms. The van der Waals surface area contributed by atoms with Crippen molar-refractivity contribution in [3.05, 3.63) is 11.9 Å². The Hall–Kier alpha value is -2.18. The molecule has 90 valence electrons. The SMILES string of the molecule is CCOC(=O)c1nc2cn[nH]c2nc1OCC. The van der Waals surface area contributed by atoms with E-state index >= 15 is 0 Å². The molecule has 0 bridgehead atoms. The number of aromatic amines is 1. The molecule has 0 saturated heterocycles. The van der Waals surface area contributed by atoms with Gasteiger partial charge in [-0.05, 0) is 13.8 Å². The van der Waals surface area contributed by atoms with Gasteiger partial charge in [0.25, 0.3) is 0 Å². The maximum absolute atomic E-state index is 11.7. The van der Waals surface area contributed by atoms with Gasteiger partial charge in [0.05, 0.1) is 19.4 Å². The highest BCUT2D eigenvalue weighted by Crippen LogP contribution is 2.18. The van der Waals surface area contributed by atoms with E-state index in [2.05, 4.69) is 20.2 Å². The molecule has 2 aromatic rings. The summed E-state index contributed by atoms with van der Waals surface area (Å²) in [5.41, 5.74) is 1.04. The number of esters is 1. The summed E-state index contributed by atoms with van der Waals surface area (Å²) in [6.45, 7) is 4.19. The lowest BCUT2D eigenvalue weighted by molar-refractivity contribution is 0.0514. The number of hydrogen-bond donors (Lipinski definition) is 1. The van der Waals surface area contributed by atoms with Crippen LogP contribution in [-0.2, 0) is 4.74 Å². The molecule has 0 amide bonds. The Morgan fingerprint density at radius 2 is 2.18 bits per heavy atom. The van der Waals surface area contributed by atoms with Crippen LogP contribution in [0.1, 0.15) is 24.3 Å². The lowest BCUT2D eigenvalue weighted by Crippen LogP contribution is -2.11. The number of fused-ring (bicyclic) bond motifs is 1. The van der Waals surface area contributed by atoms with Gasteiger partial charge in [0.15, 0.2) is 5.65 Å². The lowest BCUT2D eigenvalue weighted by atomic mass is 10.4. The molecule has 0 aliphatic carbocycles. The molecule has 7 heteroatoms. The first kappa shape index (κ1) is 11.3.